The predicted molar refractivity (Wildman–Crippen MR) is 111 cm³/mol. The maximum absolute atomic E-state index is 12.8. The Labute approximate surface area is 161 Å². The molecule has 5 heteroatoms. The second-order valence-corrected chi connectivity index (χ2v) is 6.52. The van der Waals surface area contributed by atoms with Gasteiger partial charge < -0.3 is 11.1 Å². The lowest BCUT2D eigenvalue weighted by molar-refractivity contribution is 0.251. The molecule has 0 unspecified atom stereocenters. The molecule has 3 rings (SSSR count). The van der Waals surface area contributed by atoms with E-state index in [1.54, 1.807) is 23.2 Å². The van der Waals surface area contributed by atoms with Crippen LogP contribution in [-0.4, -0.2) is 6.03 Å². The molecule has 26 heavy (non-hydrogen) atoms. The van der Waals surface area contributed by atoms with Gasteiger partial charge in [-0.05, 0) is 60.2 Å². The number of halogens is 1. The van der Waals surface area contributed by atoms with E-state index in [0.717, 1.165) is 21.4 Å². The number of nitrogens with two attached hydrogens (primary N) is 1. The van der Waals surface area contributed by atoms with Crippen molar-refractivity contribution in [1.29, 1.82) is 0 Å². The Kier molecular flexibility index (Phi) is 5.71. The monoisotopic (exact) mass is 407 g/mol. The van der Waals surface area contributed by atoms with E-state index in [1.165, 1.54) is 0 Å². The normalized spacial score (nSPS) is 10.7. The highest BCUT2D eigenvalue weighted by Crippen LogP contribution is 2.26. The third-order valence-corrected chi connectivity index (χ3v) is 4.19. The van der Waals surface area contributed by atoms with Crippen LogP contribution in [0, 0.1) is 0 Å². The lowest BCUT2D eigenvalue weighted by atomic mass is 10.2. The minimum absolute atomic E-state index is 0.257. The van der Waals surface area contributed by atoms with Crippen LogP contribution < -0.4 is 16.0 Å². The van der Waals surface area contributed by atoms with Crippen molar-refractivity contribution in [2.45, 2.75) is 0 Å². The standard InChI is InChI=1S/C21H18BrN3O/c22-17-6-4-5-16(15-17)13-14-24-21(26)25(19-7-2-1-3-8-19)20-11-9-18(23)10-12-20/h1-15H,23H2,(H,24,26)/b14-13+. The zero-order valence-corrected chi connectivity index (χ0v) is 15.6. The molecule has 0 aliphatic heterocycles. The number of nitrogen functional groups attached to an aromatic ring is 1. The molecule has 0 spiro atoms. The topological polar surface area (TPSA) is 58.4 Å². The average Bonchev–Trinajstić information content (AvgIpc) is 2.65. The highest BCUT2D eigenvalue weighted by Gasteiger charge is 2.16. The number of para-hydroxylation sites is 1. The van der Waals surface area contributed by atoms with Crippen LogP contribution in [0.2, 0.25) is 0 Å². The molecule has 0 heterocycles. The molecule has 3 aromatic rings. The van der Waals surface area contributed by atoms with Gasteiger partial charge in [-0.25, -0.2) is 4.79 Å². The lowest BCUT2D eigenvalue weighted by Gasteiger charge is -2.22. The molecule has 2 amide bonds. The minimum Gasteiger partial charge on any atom is -0.399 e. The largest absolute Gasteiger partial charge is 0.399 e. The Bertz CT molecular complexity index is 908. The SMILES string of the molecule is Nc1ccc(N(C(=O)N/C=C/c2cccc(Br)c2)c2ccccc2)cc1. The van der Waals surface area contributed by atoms with Crippen molar-refractivity contribution in [2.75, 3.05) is 10.6 Å². The Morgan fingerprint density at radius 1 is 0.923 bits per heavy atom. The summed E-state index contributed by atoms with van der Waals surface area (Å²) in [6.45, 7) is 0. The quantitative estimate of drug-likeness (QED) is 0.556. The summed E-state index contributed by atoms with van der Waals surface area (Å²) in [5, 5.41) is 2.82. The molecule has 0 radical (unpaired) electrons. The summed E-state index contributed by atoms with van der Waals surface area (Å²) >= 11 is 3.43. The van der Waals surface area contributed by atoms with E-state index in [2.05, 4.69) is 21.2 Å². The van der Waals surface area contributed by atoms with Crippen molar-refractivity contribution in [3.8, 4) is 0 Å². The molecule has 0 saturated heterocycles. The first-order valence-electron chi connectivity index (χ1n) is 8.07. The molecule has 0 saturated carbocycles. The van der Waals surface area contributed by atoms with E-state index in [9.17, 15) is 4.79 Å². The molecule has 0 bridgehead atoms. The Balaban J connectivity index is 1.82. The Morgan fingerprint density at radius 2 is 1.62 bits per heavy atom. The molecular formula is C21H18BrN3O. The van der Waals surface area contributed by atoms with Crippen LogP contribution in [0.4, 0.5) is 21.9 Å². The average molecular weight is 408 g/mol. The number of carbonyl (C=O) groups is 1. The highest BCUT2D eigenvalue weighted by atomic mass is 79.9. The van der Waals surface area contributed by atoms with Crippen LogP contribution in [-0.2, 0) is 0 Å². The van der Waals surface area contributed by atoms with Gasteiger partial charge in [0, 0.05) is 16.4 Å². The second-order valence-electron chi connectivity index (χ2n) is 5.60. The molecule has 0 aliphatic carbocycles. The molecular weight excluding hydrogens is 390 g/mol. The van der Waals surface area contributed by atoms with Gasteiger partial charge in [0.25, 0.3) is 0 Å². The highest BCUT2D eigenvalue weighted by molar-refractivity contribution is 9.10. The van der Waals surface area contributed by atoms with E-state index < -0.39 is 0 Å². The fourth-order valence-electron chi connectivity index (χ4n) is 2.47. The van der Waals surface area contributed by atoms with Crippen molar-refractivity contribution in [3.05, 3.63) is 95.1 Å². The summed E-state index contributed by atoms with van der Waals surface area (Å²) in [7, 11) is 0. The second kappa shape index (κ2) is 8.36. The fraction of sp³-hybridized carbons (Fsp3) is 0. The third-order valence-electron chi connectivity index (χ3n) is 3.70. The minimum atomic E-state index is -0.257. The van der Waals surface area contributed by atoms with E-state index in [1.807, 2.05) is 72.8 Å². The summed E-state index contributed by atoms with van der Waals surface area (Å²) < 4.78 is 0.985. The zero-order chi connectivity index (χ0) is 18.4. The van der Waals surface area contributed by atoms with Crippen LogP contribution in [0.15, 0.2) is 89.5 Å². The van der Waals surface area contributed by atoms with E-state index in [0.29, 0.717) is 5.69 Å². The first kappa shape index (κ1) is 17.8. The van der Waals surface area contributed by atoms with Gasteiger partial charge in [-0.3, -0.25) is 4.90 Å². The van der Waals surface area contributed by atoms with Crippen LogP contribution in [0.5, 0.6) is 0 Å². The van der Waals surface area contributed by atoms with Gasteiger partial charge in [-0.1, -0.05) is 46.3 Å². The summed E-state index contributed by atoms with van der Waals surface area (Å²) in [5.74, 6) is 0. The molecule has 4 nitrogen and oxygen atoms in total. The number of nitrogens with one attached hydrogen (secondary N) is 1. The van der Waals surface area contributed by atoms with Gasteiger partial charge in [0.2, 0.25) is 0 Å². The number of benzene rings is 3. The van der Waals surface area contributed by atoms with Gasteiger partial charge in [0.15, 0.2) is 0 Å². The van der Waals surface area contributed by atoms with Gasteiger partial charge >= 0.3 is 6.03 Å². The van der Waals surface area contributed by atoms with Gasteiger partial charge in [-0.2, -0.15) is 0 Å². The van der Waals surface area contributed by atoms with Crippen LogP contribution in [0.3, 0.4) is 0 Å². The summed E-state index contributed by atoms with van der Waals surface area (Å²) in [4.78, 5) is 14.4. The van der Waals surface area contributed by atoms with E-state index >= 15 is 0 Å². The third kappa shape index (κ3) is 4.52. The maximum Gasteiger partial charge on any atom is 0.330 e. The Hall–Kier alpha value is -3.05. The van der Waals surface area contributed by atoms with Gasteiger partial charge in [0.05, 0.1) is 11.4 Å². The van der Waals surface area contributed by atoms with E-state index in [-0.39, 0.29) is 6.03 Å². The number of anilines is 3. The van der Waals surface area contributed by atoms with E-state index in [4.69, 9.17) is 5.73 Å². The molecule has 0 atom stereocenters. The number of carbonyl (C=O) groups excluding carboxylic acids is 1. The fourth-order valence-corrected chi connectivity index (χ4v) is 2.88. The van der Waals surface area contributed by atoms with Crippen molar-refractivity contribution in [3.63, 3.8) is 0 Å². The number of hydrogen-bond acceptors (Lipinski definition) is 2. The van der Waals surface area contributed by atoms with Gasteiger partial charge in [0.1, 0.15) is 0 Å². The first-order chi connectivity index (χ1) is 12.6. The molecule has 130 valence electrons. The number of nitrogens with zero attached hydrogens (tertiary/aromatic N) is 1. The molecule has 0 fully saturated rings. The molecule has 0 aliphatic rings. The zero-order valence-electron chi connectivity index (χ0n) is 14.0. The van der Waals surface area contributed by atoms with Gasteiger partial charge in [-0.15, -0.1) is 0 Å². The molecule has 0 aromatic heterocycles. The Morgan fingerprint density at radius 3 is 2.31 bits per heavy atom. The number of rotatable bonds is 4. The lowest BCUT2D eigenvalue weighted by Crippen LogP contribution is -2.33. The van der Waals surface area contributed by atoms with Crippen LogP contribution >= 0.6 is 15.9 Å². The number of amides is 2. The molecule has 3 N–H and O–H groups in total. The van der Waals surface area contributed by atoms with Crippen LogP contribution in [0.1, 0.15) is 5.56 Å². The first-order valence-corrected chi connectivity index (χ1v) is 8.86. The molecule has 3 aromatic carbocycles. The summed E-state index contributed by atoms with van der Waals surface area (Å²) in [6, 6.07) is 24.2. The summed E-state index contributed by atoms with van der Waals surface area (Å²) in [6.07, 6.45) is 3.48. The maximum atomic E-state index is 12.8. The summed E-state index contributed by atoms with van der Waals surface area (Å²) in [5.41, 5.74) is 8.90. The predicted octanol–water partition coefficient (Wildman–Crippen LogP) is 5.55. The number of hydrogen-bond donors (Lipinski definition) is 2. The number of urea groups is 1. The van der Waals surface area contributed by atoms with Crippen molar-refractivity contribution >= 4 is 45.1 Å². The van der Waals surface area contributed by atoms with Crippen molar-refractivity contribution in [2.24, 2.45) is 0 Å². The van der Waals surface area contributed by atoms with Crippen LogP contribution in [0.25, 0.3) is 6.08 Å². The smallest absolute Gasteiger partial charge is 0.330 e. The van der Waals surface area contributed by atoms with Crippen molar-refractivity contribution in [1.82, 2.24) is 5.32 Å². The van der Waals surface area contributed by atoms with Crippen molar-refractivity contribution < 1.29 is 4.79 Å².